The maximum Gasteiger partial charge on any atom is 0.416 e. The molecule has 0 unspecified atom stereocenters. The van der Waals surface area contributed by atoms with E-state index in [1.165, 1.54) is 14.1 Å². The van der Waals surface area contributed by atoms with E-state index in [1.54, 1.807) is 22.6 Å². The highest BCUT2D eigenvalue weighted by molar-refractivity contribution is 14.1. The highest BCUT2D eigenvalue weighted by atomic mass is 127. The predicted molar refractivity (Wildman–Crippen MR) is 68.9 cm³/mol. The number of rotatable bonds is 1. The van der Waals surface area contributed by atoms with Crippen molar-refractivity contribution in [2.24, 2.45) is 0 Å². The monoisotopic (exact) mass is 393 g/mol. The summed E-state index contributed by atoms with van der Waals surface area (Å²) in [4.78, 5) is 12.4. The molecular formula is C10H8ClF3INO2. The second-order valence-electron chi connectivity index (χ2n) is 3.53. The zero-order valence-corrected chi connectivity index (χ0v) is 12.2. The summed E-state index contributed by atoms with van der Waals surface area (Å²) in [5.74, 6) is -0.214. The highest BCUT2D eigenvalue weighted by Gasteiger charge is 2.32. The molecule has 1 rings (SSSR count). The zero-order chi connectivity index (χ0) is 14.1. The molecule has 0 bridgehead atoms. The first kappa shape index (κ1) is 15.4. The fourth-order valence-corrected chi connectivity index (χ4v) is 1.62. The Labute approximate surface area is 120 Å². The fraction of sp³-hybridized carbons (Fsp3) is 0.300. The number of nitrogens with zero attached hydrogens (tertiary/aromatic N) is 1. The molecule has 3 nitrogen and oxygen atoms in total. The molecule has 0 heterocycles. The average Bonchev–Trinajstić information content (AvgIpc) is 2.22. The first-order valence-corrected chi connectivity index (χ1v) is 6.04. The van der Waals surface area contributed by atoms with Crippen LogP contribution in [0.25, 0.3) is 0 Å². The molecule has 0 saturated carbocycles. The van der Waals surface area contributed by atoms with E-state index in [2.05, 4.69) is 0 Å². The van der Waals surface area contributed by atoms with Crippen LogP contribution in [0.1, 0.15) is 5.56 Å². The Morgan fingerprint density at radius 1 is 1.39 bits per heavy atom. The Hall–Kier alpha value is -0.700. The van der Waals surface area contributed by atoms with E-state index in [4.69, 9.17) is 16.3 Å². The molecule has 0 N–H and O–H groups in total. The minimum absolute atomic E-state index is 0.119. The van der Waals surface area contributed by atoms with Crippen molar-refractivity contribution in [3.63, 3.8) is 0 Å². The second kappa shape index (κ2) is 5.52. The molecular weight excluding hydrogens is 385 g/mol. The van der Waals surface area contributed by atoms with Crippen LogP contribution in [-0.2, 0) is 6.18 Å². The Morgan fingerprint density at radius 3 is 2.39 bits per heavy atom. The lowest BCUT2D eigenvalue weighted by atomic mass is 10.2. The summed E-state index contributed by atoms with van der Waals surface area (Å²) in [5, 5.41) is -0.119. The van der Waals surface area contributed by atoms with Crippen molar-refractivity contribution < 1.29 is 22.7 Å². The lowest BCUT2D eigenvalue weighted by Crippen LogP contribution is -2.25. The molecule has 0 aliphatic rings. The summed E-state index contributed by atoms with van der Waals surface area (Å²) in [6, 6.07) is 1.53. The number of benzene rings is 1. The smallest absolute Gasteiger partial charge is 0.409 e. The predicted octanol–water partition coefficient (Wildman–Crippen LogP) is 4.02. The van der Waals surface area contributed by atoms with Crippen molar-refractivity contribution in [3.05, 3.63) is 26.3 Å². The minimum Gasteiger partial charge on any atom is -0.409 e. The van der Waals surface area contributed by atoms with Crippen LogP contribution >= 0.6 is 34.2 Å². The van der Waals surface area contributed by atoms with Gasteiger partial charge in [0.25, 0.3) is 0 Å². The quantitative estimate of drug-likeness (QED) is 0.675. The van der Waals surface area contributed by atoms with Gasteiger partial charge in [0.15, 0.2) is 0 Å². The Balaban J connectivity index is 3.19. The van der Waals surface area contributed by atoms with E-state index in [-0.39, 0.29) is 14.3 Å². The van der Waals surface area contributed by atoms with Gasteiger partial charge in [0.05, 0.1) is 14.2 Å². The summed E-state index contributed by atoms with van der Waals surface area (Å²) >= 11 is 7.39. The molecule has 8 heteroatoms. The summed E-state index contributed by atoms with van der Waals surface area (Å²) in [5.41, 5.74) is -0.963. The van der Waals surface area contributed by atoms with Gasteiger partial charge in [0.1, 0.15) is 5.75 Å². The van der Waals surface area contributed by atoms with E-state index >= 15 is 0 Å². The number of hydrogen-bond acceptors (Lipinski definition) is 2. The number of carbonyl (C=O) groups excluding carboxylic acids is 1. The topological polar surface area (TPSA) is 29.5 Å². The van der Waals surface area contributed by atoms with Gasteiger partial charge in [-0.05, 0) is 34.7 Å². The van der Waals surface area contributed by atoms with Gasteiger partial charge in [-0.2, -0.15) is 13.2 Å². The molecule has 0 aromatic heterocycles. The maximum absolute atomic E-state index is 12.6. The second-order valence-corrected chi connectivity index (χ2v) is 5.02. The van der Waals surface area contributed by atoms with Crippen molar-refractivity contribution in [1.29, 1.82) is 0 Å². The van der Waals surface area contributed by atoms with Gasteiger partial charge < -0.3 is 9.64 Å². The molecule has 0 atom stereocenters. The van der Waals surface area contributed by atoms with Crippen molar-refractivity contribution >= 4 is 40.3 Å². The van der Waals surface area contributed by atoms with Gasteiger partial charge in [0, 0.05) is 14.1 Å². The van der Waals surface area contributed by atoms with Crippen molar-refractivity contribution in [1.82, 2.24) is 4.90 Å². The number of ether oxygens (including phenoxy) is 1. The van der Waals surface area contributed by atoms with Crippen LogP contribution in [0.3, 0.4) is 0 Å². The van der Waals surface area contributed by atoms with Crippen molar-refractivity contribution in [3.8, 4) is 5.75 Å². The number of halogens is 5. The van der Waals surface area contributed by atoms with E-state index in [0.717, 1.165) is 17.0 Å². The fourth-order valence-electron chi connectivity index (χ4n) is 0.987. The van der Waals surface area contributed by atoms with Crippen LogP contribution in [0, 0.1) is 3.57 Å². The molecule has 0 aliphatic carbocycles. The molecule has 0 fully saturated rings. The van der Waals surface area contributed by atoms with Crippen LogP contribution in [-0.4, -0.2) is 25.1 Å². The third-order valence-corrected chi connectivity index (χ3v) is 3.61. The van der Waals surface area contributed by atoms with E-state index < -0.39 is 17.8 Å². The number of carbonyl (C=O) groups is 1. The minimum atomic E-state index is -4.55. The van der Waals surface area contributed by atoms with E-state index in [1.807, 2.05) is 0 Å². The summed E-state index contributed by atoms with van der Waals surface area (Å²) in [6.45, 7) is 0. The van der Waals surface area contributed by atoms with Gasteiger partial charge >= 0.3 is 12.3 Å². The molecule has 0 saturated heterocycles. The van der Waals surface area contributed by atoms with Gasteiger partial charge in [0.2, 0.25) is 0 Å². The number of amides is 1. The molecule has 0 spiro atoms. The molecule has 1 amide bonds. The average molecular weight is 394 g/mol. The molecule has 0 radical (unpaired) electrons. The Kier molecular flexibility index (Phi) is 4.71. The van der Waals surface area contributed by atoms with Crippen LogP contribution in [0.2, 0.25) is 5.02 Å². The van der Waals surface area contributed by atoms with Crippen LogP contribution < -0.4 is 4.74 Å². The summed E-state index contributed by atoms with van der Waals surface area (Å²) in [6.07, 6.45) is -5.32. The Bertz CT molecular complexity index is 477. The van der Waals surface area contributed by atoms with Crippen LogP contribution in [0.4, 0.5) is 18.0 Å². The van der Waals surface area contributed by atoms with Crippen molar-refractivity contribution in [2.75, 3.05) is 14.1 Å². The van der Waals surface area contributed by atoms with E-state index in [9.17, 15) is 18.0 Å². The maximum atomic E-state index is 12.6. The normalized spacial score (nSPS) is 11.3. The van der Waals surface area contributed by atoms with Crippen LogP contribution in [0.5, 0.6) is 5.75 Å². The Morgan fingerprint density at radius 2 is 1.94 bits per heavy atom. The lowest BCUT2D eigenvalue weighted by molar-refractivity contribution is -0.137. The molecule has 0 aliphatic heterocycles. The molecule has 100 valence electrons. The third kappa shape index (κ3) is 3.64. The zero-order valence-electron chi connectivity index (χ0n) is 9.31. The van der Waals surface area contributed by atoms with E-state index in [0.29, 0.717) is 0 Å². The van der Waals surface area contributed by atoms with Crippen LogP contribution in [0.15, 0.2) is 12.1 Å². The van der Waals surface area contributed by atoms with Gasteiger partial charge in [-0.1, -0.05) is 11.6 Å². The standard InChI is InChI=1S/C10H8ClF3INO2/c1-16(2)9(17)18-7-4-5(10(12,13)14)3-6(11)8(7)15/h3-4H,1-2H3. The van der Waals surface area contributed by atoms with Gasteiger partial charge in [-0.25, -0.2) is 4.79 Å². The van der Waals surface area contributed by atoms with Crippen molar-refractivity contribution in [2.45, 2.75) is 6.18 Å². The number of hydrogen-bond donors (Lipinski definition) is 0. The van der Waals surface area contributed by atoms with Gasteiger partial charge in [-0.3, -0.25) is 0 Å². The third-order valence-electron chi connectivity index (χ3n) is 1.88. The number of alkyl halides is 3. The largest absolute Gasteiger partial charge is 0.416 e. The molecule has 18 heavy (non-hydrogen) atoms. The highest BCUT2D eigenvalue weighted by Crippen LogP contribution is 2.37. The summed E-state index contributed by atoms with van der Waals surface area (Å²) < 4.78 is 42.8. The molecule has 1 aromatic carbocycles. The lowest BCUT2D eigenvalue weighted by Gasteiger charge is -2.14. The molecule has 1 aromatic rings. The first-order chi connectivity index (χ1) is 8.12. The first-order valence-electron chi connectivity index (χ1n) is 4.58. The summed E-state index contributed by atoms with van der Waals surface area (Å²) in [7, 11) is 2.84. The SMILES string of the molecule is CN(C)C(=O)Oc1cc(C(F)(F)F)cc(Cl)c1I. The van der Waals surface area contributed by atoms with Gasteiger partial charge in [-0.15, -0.1) is 0 Å².